The average molecular weight is 390 g/mol. The first-order chi connectivity index (χ1) is 8.93. The van der Waals surface area contributed by atoms with Gasteiger partial charge in [0.05, 0.1) is 4.92 Å². The summed E-state index contributed by atoms with van der Waals surface area (Å²) in [5.41, 5.74) is -0.607. The van der Waals surface area contributed by atoms with Gasteiger partial charge in [-0.1, -0.05) is 0 Å². The Morgan fingerprint density at radius 1 is 1.40 bits per heavy atom. The number of hydrogen-bond acceptors (Lipinski definition) is 6. The zero-order valence-corrected chi connectivity index (χ0v) is 12.9. The van der Waals surface area contributed by atoms with Crippen LogP contribution in [0.15, 0.2) is 16.9 Å². The second kappa shape index (κ2) is 5.98. The molecule has 0 aromatic carbocycles. The molecule has 10 nitrogen and oxygen atoms in total. The Morgan fingerprint density at radius 3 is 2.35 bits per heavy atom. The van der Waals surface area contributed by atoms with Crippen LogP contribution in [0.25, 0.3) is 0 Å². The molecule has 0 amide bonds. The van der Waals surface area contributed by atoms with Gasteiger partial charge < -0.3 is 24.1 Å². The minimum absolute atomic E-state index is 0.0185. The van der Waals surface area contributed by atoms with E-state index in [9.17, 15) is 24.1 Å². The van der Waals surface area contributed by atoms with Gasteiger partial charge in [-0.05, 0) is 27.9 Å². The second-order valence-electron chi connectivity index (χ2n) is 3.74. The van der Waals surface area contributed by atoms with Gasteiger partial charge in [-0.2, -0.15) is 0 Å². The average Bonchev–Trinajstić information content (AvgIpc) is 2.24. The van der Waals surface area contributed by atoms with Crippen molar-refractivity contribution >= 4 is 36.8 Å². The lowest BCUT2D eigenvalue weighted by Crippen LogP contribution is -2.20. The van der Waals surface area contributed by atoms with Crippen molar-refractivity contribution < 1.29 is 33.6 Å². The molecule has 0 radical (unpaired) electrons. The van der Waals surface area contributed by atoms with Crippen LogP contribution in [0.2, 0.25) is 0 Å². The summed E-state index contributed by atoms with van der Waals surface area (Å²) >= 11 is 2.88. The fourth-order valence-corrected chi connectivity index (χ4v) is 4.11. The number of pyridine rings is 1. The molecule has 13 heteroatoms. The molecular weight excluding hydrogens is 382 g/mol. The molecule has 0 saturated carbocycles. The summed E-state index contributed by atoms with van der Waals surface area (Å²) in [4.78, 5) is 51.2. The molecule has 3 N–H and O–H groups in total. The highest BCUT2D eigenvalue weighted by molar-refractivity contribution is 9.10. The Bertz CT molecular complexity index is 603. The van der Waals surface area contributed by atoms with Crippen LogP contribution in [0, 0.1) is 10.1 Å². The van der Waals surface area contributed by atoms with Crippen molar-refractivity contribution in [3.05, 3.63) is 32.5 Å². The molecule has 0 fully saturated rings. The van der Waals surface area contributed by atoms with E-state index in [4.69, 9.17) is 14.7 Å². The van der Waals surface area contributed by atoms with E-state index >= 15 is 0 Å². The monoisotopic (exact) mass is 389 g/mol. The smallest absolute Gasteiger partial charge is 0.337 e. The Balaban J connectivity index is 3.25. The van der Waals surface area contributed by atoms with Crippen LogP contribution in [-0.4, -0.2) is 30.0 Å². The summed E-state index contributed by atoms with van der Waals surface area (Å²) in [6, 6.07) is 0.912. The highest BCUT2D eigenvalue weighted by Gasteiger charge is 2.37. The largest absolute Gasteiger partial charge is 0.778 e. The minimum atomic E-state index is -5.35. The molecule has 1 rings (SSSR count). The van der Waals surface area contributed by atoms with Gasteiger partial charge in [0.2, 0.25) is 0 Å². The number of aromatic nitrogens is 1. The van der Waals surface area contributed by atoms with E-state index < -0.39 is 37.6 Å². The predicted octanol–water partition coefficient (Wildman–Crippen LogP) is 0.344. The Labute approximate surface area is 120 Å². The Kier molecular flexibility index (Phi) is 5.20. The lowest BCUT2D eigenvalue weighted by Gasteiger charge is -2.27. The molecule has 0 aliphatic heterocycles. The minimum Gasteiger partial charge on any atom is -0.778 e. The van der Waals surface area contributed by atoms with Crippen LogP contribution in [0.4, 0.5) is 5.69 Å². The van der Waals surface area contributed by atoms with E-state index in [2.05, 4.69) is 20.9 Å². The SMILES string of the molecule is O=[N+]([O-])c1cnc(Br)c(CC(P(=O)([O-])O)P(=O)(O)O)c1. The maximum Gasteiger partial charge on any atom is 0.337 e. The third kappa shape index (κ3) is 4.42. The van der Waals surface area contributed by atoms with E-state index in [0.29, 0.717) is 0 Å². The number of halogens is 1. The summed E-state index contributed by atoms with van der Waals surface area (Å²) in [7, 11) is -10.5. The molecule has 2 unspecified atom stereocenters. The van der Waals surface area contributed by atoms with E-state index in [1.807, 2.05) is 0 Å². The standard InChI is InChI=1S/C7H9BrN2O8P2/c8-7-4(1-5(3-9-7)10(11)12)2-6(19(13,14)15)20(16,17)18/h1,3,6H,2H2,(H2,13,14,15)(H2,16,17,18)/p-1. The number of nitro groups is 1. The second-order valence-corrected chi connectivity index (χ2v) is 8.45. The summed E-state index contributed by atoms with van der Waals surface area (Å²) in [6.07, 6.45) is 0.0621. The maximum absolute atomic E-state index is 11.1. The van der Waals surface area contributed by atoms with Crippen LogP contribution < -0.4 is 4.89 Å². The van der Waals surface area contributed by atoms with Gasteiger partial charge in [-0.25, -0.2) is 4.98 Å². The first kappa shape index (κ1) is 17.4. The lowest BCUT2D eigenvalue weighted by molar-refractivity contribution is -0.385. The topological polar surface area (TPSA) is 174 Å². The zero-order valence-electron chi connectivity index (χ0n) is 9.49. The van der Waals surface area contributed by atoms with Crippen molar-refractivity contribution in [3.8, 4) is 0 Å². The number of hydrogen-bond donors (Lipinski definition) is 3. The highest BCUT2D eigenvalue weighted by atomic mass is 79.9. The van der Waals surface area contributed by atoms with Crippen molar-refractivity contribution in [1.82, 2.24) is 4.98 Å². The molecular formula is C7H8BrN2O8P2-. The number of nitrogens with zero attached hydrogens (tertiary/aromatic N) is 2. The fraction of sp³-hybridized carbons (Fsp3) is 0.286. The Morgan fingerprint density at radius 2 is 1.95 bits per heavy atom. The summed E-state index contributed by atoms with van der Waals surface area (Å²) in [5.74, 6) is 0. The third-order valence-corrected chi connectivity index (χ3v) is 6.66. The Hall–Kier alpha value is -0.670. The molecule has 1 heterocycles. The normalized spacial score (nSPS) is 16.4. The summed E-state index contributed by atoms with van der Waals surface area (Å²) in [6.45, 7) is 0. The lowest BCUT2D eigenvalue weighted by atomic mass is 10.2. The quantitative estimate of drug-likeness (QED) is 0.277. The molecule has 20 heavy (non-hydrogen) atoms. The van der Waals surface area contributed by atoms with Crippen LogP contribution >= 0.6 is 31.1 Å². The van der Waals surface area contributed by atoms with Crippen LogP contribution in [0.1, 0.15) is 5.56 Å². The van der Waals surface area contributed by atoms with Gasteiger partial charge in [0.25, 0.3) is 5.69 Å². The van der Waals surface area contributed by atoms with E-state index in [0.717, 1.165) is 12.3 Å². The molecule has 1 aromatic rings. The first-order valence-corrected chi connectivity index (χ1v) is 8.92. The van der Waals surface area contributed by atoms with Crippen molar-refractivity contribution in [2.75, 3.05) is 0 Å². The molecule has 0 aliphatic rings. The van der Waals surface area contributed by atoms with Crippen molar-refractivity contribution in [2.45, 2.75) is 11.8 Å². The summed E-state index contributed by atoms with van der Waals surface area (Å²) in [5, 5.41) is 8.18. The van der Waals surface area contributed by atoms with Gasteiger partial charge in [-0.15, -0.1) is 0 Å². The van der Waals surface area contributed by atoms with Gasteiger partial charge in [0, 0.05) is 6.07 Å². The zero-order chi connectivity index (χ0) is 15.7. The van der Waals surface area contributed by atoms with E-state index in [1.165, 1.54) is 0 Å². The summed E-state index contributed by atoms with van der Waals surface area (Å²) < 4.78 is 22.1. The molecule has 1 aromatic heterocycles. The first-order valence-electron chi connectivity index (χ1n) is 4.80. The van der Waals surface area contributed by atoms with Gasteiger partial charge in [-0.3, -0.25) is 14.7 Å². The van der Waals surface area contributed by atoms with Gasteiger partial charge in [0.15, 0.2) is 0 Å². The predicted molar refractivity (Wildman–Crippen MR) is 68.0 cm³/mol. The van der Waals surface area contributed by atoms with Crippen molar-refractivity contribution in [2.24, 2.45) is 0 Å². The third-order valence-electron chi connectivity index (χ3n) is 2.28. The van der Waals surface area contributed by atoms with Crippen molar-refractivity contribution in [1.29, 1.82) is 0 Å². The van der Waals surface area contributed by atoms with Gasteiger partial charge >= 0.3 is 7.60 Å². The van der Waals surface area contributed by atoms with Crippen LogP contribution in [0.3, 0.4) is 0 Å². The van der Waals surface area contributed by atoms with Crippen molar-refractivity contribution in [3.63, 3.8) is 0 Å². The highest BCUT2D eigenvalue weighted by Crippen LogP contribution is 2.58. The van der Waals surface area contributed by atoms with Gasteiger partial charge in [0.1, 0.15) is 23.8 Å². The molecule has 0 bridgehead atoms. The van der Waals surface area contributed by atoms with E-state index in [-0.39, 0.29) is 10.2 Å². The molecule has 0 spiro atoms. The van der Waals surface area contributed by atoms with Crippen LogP contribution in [0.5, 0.6) is 0 Å². The molecule has 2 atom stereocenters. The van der Waals surface area contributed by atoms with E-state index in [1.54, 1.807) is 0 Å². The molecule has 0 aliphatic carbocycles. The molecule has 112 valence electrons. The molecule has 0 saturated heterocycles. The fourth-order valence-electron chi connectivity index (χ4n) is 1.35. The van der Waals surface area contributed by atoms with Crippen LogP contribution in [-0.2, 0) is 15.6 Å². The maximum atomic E-state index is 11.1. The number of rotatable bonds is 5.